The Morgan fingerprint density at radius 1 is 1.36 bits per heavy atom. The standard InChI is InChI=1S/C12H13NO/c1-9-3-4-10-6-12(2,13-8-14)7-11(10)5-9/h3-5H,6-7H2,1-2H3. The van der Waals surface area contributed by atoms with E-state index in [9.17, 15) is 4.79 Å². The van der Waals surface area contributed by atoms with Crippen LogP contribution >= 0.6 is 0 Å². The Morgan fingerprint density at radius 2 is 2.07 bits per heavy atom. The number of aryl methyl sites for hydroxylation is 1. The van der Waals surface area contributed by atoms with Gasteiger partial charge in [-0.25, -0.2) is 4.79 Å². The van der Waals surface area contributed by atoms with Gasteiger partial charge in [0.15, 0.2) is 0 Å². The minimum Gasteiger partial charge on any atom is -0.211 e. The van der Waals surface area contributed by atoms with Crippen molar-refractivity contribution in [3.63, 3.8) is 0 Å². The molecule has 2 nitrogen and oxygen atoms in total. The van der Waals surface area contributed by atoms with E-state index in [4.69, 9.17) is 0 Å². The van der Waals surface area contributed by atoms with Crippen LogP contribution in [0.4, 0.5) is 0 Å². The molecule has 0 spiro atoms. The molecule has 0 bridgehead atoms. The van der Waals surface area contributed by atoms with Crippen molar-refractivity contribution in [1.82, 2.24) is 0 Å². The molecule has 0 fully saturated rings. The number of nitrogens with zero attached hydrogens (tertiary/aromatic N) is 1. The molecule has 72 valence electrons. The number of hydrogen-bond acceptors (Lipinski definition) is 2. The van der Waals surface area contributed by atoms with Crippen LogP contribution < -0.4 is 0 Å². The number of rotatable bonds is 1. The van der Waals surface area contributed by atoms with Crippen LogP contribution in [0.25, 0.3) is 0 Å². The highest BCUT2D eigenvalue weighted by Gasteiger charge is 2.32. The second-order valence-electron chi connectivity index (χ2n) is 4.33. The summed E-state index contributed by atoms with van der Waals surface area (Å²) in [6, 6.07) is 6.42. The number of benzene rings is 1. The van der Waals surface area contributed by atoms with Gasteiger partial charge in [0, 0.05) is 0 Å². The summed E-state index contributed by atoms with van der Waals surface area (Å²) in [5.74, 6) is 0. The molecule has 1 atom stereocenters. The monoisotopic (exact) mass is 187 g/mol. The van der Waals surface area contributed by atoms with Crippen molar-refractivity contribution in [2.45, 2.75) is 32.2 Å². The van der Waals surface area contributed by atoms with E-state index in [0.717, 1.165) is 12.8 Å². The van der Waals surface area contributed by atoms with E-state index in [1.54, 1.807) is 6.08 Å². The summed E-state index contributed by atoms with van der Waals surface area (Å²) in [5.41, 5.74) is 3.66. The summed E-state index contributed by atoms with van der Waals surface area (Å²) in [7, 11) is 0. The molecule has 1 aromatic carbocycles. The summed E-state index contributed by atoms with van der Waals surface area (Å²) >= 11 is 0. The first kappa shape index (κ1) is 9.17. The molecule has 0 aromatic heterocycles. The quantitative estimate of drug-likeness (QED) is 0.489. The van der Waals surface area contributed by atoms with E-state index in [0.29, 0.717) is 0 Å². The van der Waals surface area contributed by atoms with Gasteiger partial charge in [-0.15, -0.1) is 0 Å². The van der Waals surface area contributed by atoms with Crippen LogP contribution in [-0.4, -0.2) is 11.6 Å². The summed E-state index contributed by atoms with van der Waals surface area (Å²) < 4.78 is 0. The molecule has 2 heteroatoms. The Kier molecular flexibility index (Phi) is 2.01. The van der Waals surface area contributed by atoms with Crippen molar-refractivity contribution in [2.75, 3.05) is 0 Å². The van der Waals surface area contributed by atoms with Gasteiger partial charge < -0.3 is 0 Å². The van der Waals surface area contributed by atoms with Gasteiger partial charge in [-0.05, 0) is 37.8 Å². The van der Waals surface area contributed by atoms with Gasteiger partial charge in [0.25, 0.3) is 0 Å². The Morgan fingerprint density at radius 3 is 2.79 bits per heavy atom. The van der Waals surface area contributed by atoms with E-state index >= 15 is 0 Å². The van der Waals surface area contributed by atoms with Gasteiger partial charge in [-0.1, -0.05) is 23.8 Å². The zero-order valence-corrected chi connectivity index (χ0v) is 8.50. The number of fused-ring (bicyclic) bond motifs is 1. The maximum Gasteiger partial charge on any atom is 0.235 e. The van der Waals surface area contributed by atoms with Crippen LogP contribution in [0.15, 0.2) is 23.2 Å². The Bertz CT molecular complexity index is 418. The fourth-order valence-electron chi connectivity index (χ4n) is 2.16. The minimum atomic E-state index is -0.252. The number of isocyanates is 1. The molecule has 1 aromatic rings. The van der Waals surface area contributed by atoms with Crippen LogP contribution in [0.3, 0.4) is 0 Å². The van der Waals surface area contributed by atoms with E-state index in [2.05, 4.69) is 30.1 Å². The highest BCUT2D eigenvalue weighted by molar-refractivity contribution is 5.42. The molecule has 1 unspecified atom stereocenters. The number of hydrogen-bond donors (Lipinski definition) is 0. The third-order valence-corrected chi connectivity index (χ3v) is 2.82. The molecule has 2 rings (SSSR count). The average molecular weight is 187 g/mol. The number of aliphatic imine (C=N–C) groups is 1. The predicted octanol–water partition coefficient (Wildman–Crippen LogP) is 2.19. The average Bonchev–Trinajstić information content (AvgIpc) is 2.40. The lowest BCUT2D eigenvalue weighted by atomic mass is 10.0. The molecular formula is C12H13NO. The SMILES string of the molecule is Cc1ccc2c(c1)CC(C)(N=C=O)C2. The van der Waals surface area contributed by atoms with Crippen LogP contribution in [0.5, 0.6) is 0 Å². The van der Waals surface area contributed by atoms with Crippen molar-refractivity contribution in [1.29, 1.82) is 0 Å². The molecule has 0 heterocycles. The molecule has 0 saturated heterocycles. The van der Waals surface area contributed by atoms with E-state index in [-0.39, 0.29) is 5.54 Å². The van der Waals surface area contributed by atoms with Crippen molar-refractivity contribution in [3.8, 4) is 0 Å². The highest BCUT2D eigenvalue weighted by Crippen LogP contribution is 2.32. The van der Waals surface area contributed by atoms with Crippen molar-refractivity contribution < 1.29 is 4.79 Å². The molecule has 0 saturated carbocycles. The topological polar surface area (TPSA) is 29.4 Å². The second kappa shape index (κ2) is 3.07. The Hall–Kier alpha value is -1.40. The van der Waals surface area contributed by atoms with Crippen LogP contribution in [0.2, 0.25) is 0 Å². The normalized spacial score (nSPS) is 24.1. The maximum absolute atomic E-state index is 10.3. The minimum absolute atomic E-state index is 0.252. The summed E-state index contributed by atoms with van der Waals surface area (Å²) in [4.78, 5) is 14.2. The van der Waals surface area contributed by atoms with Crippen LogP contribution in [0.1, 0.15) is 23.6 Å². The smallest absolute Gasteiger partial charge is 0.211 e. The summed E-state index contributed by atoms with van der Waals surface area (Å²) in [6.45, 7) is 4.09. The molecule has 0 amide bonds. The summed E-state index contributed by atoms with van der Waals surface area (Å²) in [6.07, 6.45) is 3.39. The fraction of sp³-hybridized carbons (Fsp3) is 0.417. The van der Waals surface area contributed by atoms with Gasteiger partial charge in [0.05, 0.1) is 5.54 Å². The Balaban J connectivity index is 2.38. The molecule has 1 aliphatic carbocycles. The molecule has 1 aliphatic rings. The third-order valence-electron chi connectivity index (χ3n) is 2.82. The van der Waals surface area contributed by atoms with E-state index in [1.165, 1.54) is 16.7 Å². The lowest BCUT2D eigenvalue weighted by molar-refractivity contribution is 0.487. The van der Waals surface area contributed by atoms with E-state index in [1.807, 2.05) is 6.92 Å². The molecule has 0 aliphatic heterocycles. The lowest BCUT2D eigenvalue weighted by Gasteiger charge is -2.13. The first-order chi connectivity index (χ1) is 6.63. The van der Waals surface area contributed by atoms with Gasteiger partial charge in [0.1, 0.15) is 0 Å². The van der Waals surface area contributed by atoms with Gasteiger partial charge in [-0.2, -0.15) is 4.99 Å². The molecule has 14 heavy (non-hydrogen) atoms. The predicted molar refractivity (Wildman–Crippen MR) is 55.1 cm³/mol. The first-order valence-electron chi connectivity index (χ1n) is 4.80. The first-order valence-corrected chi connectivity index (χ1v) is 4.80. The van der Waals surface area contributed by atoms with Crippen LogP contribution in [0, 0.1) is 6.92 Å². The van der Waals surface area contributed by atoms with Crippen molar-refractivity contribution in [2.24, 2.45) is 4.99 Å². The maximum atomic E-state index is 10.3. The zero-order chi connectivity index (χ0) is 10.2. The molecular weight excluding hydrogens is 174 g/mol. The van der Waals surface area contributed by atoms with Gasteiger partial charge in [0.2, 0.25) is 6.08 Å². The molecule has 0 radical (unpaired) electrons. The highest BCUT2D eigenvalue weighted by atomic mass is 16.1. The third kappa shape index (κ3) is 1.49. The fourth-order valence-corrected chi connectivity index (χ4v) is 2.16. The lowest BCUT2D eigenvalue weighted by Crippen LogP contribution is -2.21. The van der Waals surface area contributed by atoms with Crippen molar-refractivity contribution in [3.05, 3.63) is 34.9 Å². The Labute approximate surface area is 83.7 Å². The van der Waals surface area contributed by atoms with Gasteiger partial charge in [-0.3, -0.25) is 0 Å². The zero-order valence-electron chi connectivity index (χ0n) is 8.50. The molecule has 0 N–H and O–H groups in total. The second-order valence-corrected chi connectivity index (χ2v) is 4.33. The number of carbonyl (C=O) groups excluding carboxylic acids is 1. The van der Waals surface area contributed by atoms with Crippen molar-refractivity contribution >= 4 is 6.08 Å². The summed E-state index contributed by atoms with van der Waals surface area (Å²) in [5, 5.41) is 0. The van der Waals surface area contributed by atoms with E-state index < -0.39 is 0 Å². The largest absolute Gasteiger partial charge is 0.235 e. The van der Waals surface area contributed by atoms with Gasteiger partial charge >= 0.3 is 0 Å². The van der Waals surface area contributed by atoms with Crippen LogP contribution in [-0.2, 0) is 17.6 Å².